The zero-order valence-corrected chi connectivity index (χ0v) is 18.1. The summed E-state index contributed by atoms with van der Waals surface area (Å²) in [5.74, 6) is -1.53. The first-order valence-electron chi connectivity index (χ1n) is 9.85. The molecule has 0 saturated heterocycles. The molecular formula is C22H18N6O4S. The van der Waals surface area contributed by atoms with Gasteiger partial charge in [0.15, 0.2) is 11.6 Å². The van der Waals surface area contributed by atoms with Gasteiger partial charge in [-0.15, -0.1) is 16.4 Å². The minimum atomic E-state index is -1.75. The van der Waals surface area contributed by atoms with Crippen molar-refractivity contribution in [2.45, 2.75) is 18.5 Å². The summed E-state index contributed by atoms with van der Waals surface area (Å²) >= 11 is 0.960. The van der Waals surface area contributed by atoms with Gasteiger partial charge < -0.3 is 22.3 Å². The van der Waals surface area contributed by atoms with E-state index in [1.807, 2.05) is 0 Å². The summed E-state index contributed by atoms with van der Waals surface area (Å²) in [6.07, 6.45) is 2.94. The van der Waals surface area contributed by atoms with Gasteiger partial charge in [0, 0.05) is 40.7 Å². The number of rotatable bonds is 3. The van der Waals surface area contributed by atoms with Crippen molar-refractivity contribution in [1.82, 2.24) is 14.8 Å². The quantitative estimate of drug-likeness (QED) is 0.325. The monoisotopic (exact) mass is 462 g/mol. The number of aromatic nitrogens is 3. The highest BCUT2D eigenvalue weighted by atomic mass is 32.1. The van der Waals surface area contributed by atoms with Gasteiger partial charge in [-0.05, 0) is 36.2 Å². The topological polar surface area (TPSA) is 180 Å². The van der Waals surface area contributed by atoms with Crippen LogP contribution in [0, 0.1) is 6.92 Å². The maximum absolute atomic E-state index is 13.7. The SMILES string of the molecule is Cc1cc(=O)n(-c2cccnn2)cc1C1(N)C(=O)C(N)c2c(C(=O)O)sc3c(N)ccc1c23. The number of Topliss-reactive ketones (excluding diaryl/α,β-unsaturated/α-hetero) is 1. The van der Waals surface area contributed by atoms with Gasteiger partial charge in [-0.3, -0.25) is 14.2 Å². The third-order valence-electron chi connectivity index (χ3n) is 6.00. The number of aromatic carboxylic acids is 1. The lowest BCUT2D eigenvalue weighted by Gasteiger charge is -2.37. The Morgan fingerprint density at radius 1 is 1.24 bits per heavy atom. The van der Waals surface area contributed by atoms with Gasteiger partial charge in [-0.2, -0.15) is 5.10 Å². The van der Waals surface area contributed by atoms with Gasteiger partial charge in [0.25, 0.3) is 5.56 Å². The van der Waals surface area contributed by atoms with Crippen LogP contribution in [-0.2, 0) is 10.3 Å². The minimum Gasteiger partial charge on any atom is -0.477 e. The van der Waals surface area contributed by atoms with Crippen molar-refractivity contribution in [2.75, 3.05) is 5.73 Å². The van der Waals surface area contributed by atoms with E-state index in [1.54, 1.807) is 31.2 Å². The molecule has 10 nitrogen and oxygen atoms in total. The van der Waals surface area contributed by atoms with Crippen LogP contribution in [0.2, 0.25) is 0 Å². The number of carbonyl (C=O) groups is 2. The standard InChI is InChI=1S/C22H18N6O4S/c1-9-7-14(29)28(13-3-2-6-26-27-13)8-11(9)22(25)10-4-5-12(23)18-15(10)16(17(24)20(22)30)19(33-18)21(31)32/h2-8,17H,23-25H2,1H3,(H,31,32). The predicted molar refractivity (Wildman–Crippen MR) is 122 cm³/mol. The highest BCUT2D eigenvalue weighted by Crippen LogP contribution is 2.49. The number of ketones is 1. The molecule has 5 rings (SSSR count). The van der Waals surface area contributed by atoms with E-state index in [1.165, 1.54) is 23.0 Å². The minimum absolute atomic E-state index is 0.0479. The highest BCUT2D eigenvalue weighted by molar-refractivity contribution is 7.21. The van der Waals surface area contributed by atoms with E-state index < -0.39 is 23.3 Å². The van der Waals surface area contributed by atoms with Crippen molar-refractivity contribution in [3.05, 3.63) is 80.2 Å². The summed E-state index contributed by atoms with van der Waals surface area (Å²) in [4.78, 5) is 38.3. The number of carboxylic acids is 1. The van der Waals surface area contributed by atoms with Crippen LogP contribution in [0.25, 0.3) is 15.9 Å². The molecule has 7 N–H and O–H groups in total. The molecule has 1 aliphatic rings. The van der Waals surface area contributed by atoms with Gasteiger partial charge in [0.05, 0.1) is 10.7 Å². The Balaban J connectivity index is 1.88. The number of carboxylic acid groups (broad SMARTS) is 1. The second-order valence-corrected chi connectivity index (χ2v) is 8.89. The summed E-state index contributed by atoms with van der Waals surface area (Å²) in [5, 5.41) is 18.0. The Bertz CT molecular complexity index is 1540. The molecule has 33 heavy (non-hydrogen) atoms. The molecule has 2 unspecified atom stereocenters. The highest BCUT2D eigenvalue weighted by Gasteiger charge is 2.49. The zero-order valence-electron chi connectivity index (χ0n) is 17.3. The summed E-state index contributed by atoms with van der Waals surface area (Å²) in [7, 11) is 0. The summed E-state index contributed by atoms with van der Waals surface area (Å²) in [5.41, 5.74) is 18.9. The number of aryl methyl sites for hydroxylation is 1. The lowest BCUT2D eigenvalue weighted by Crippen LogP contribution is -2.53. The van der Waals surface area contributed by atoms with Crippen molar-refractivity contribution < 1.29 is 14.7 Å². The van der Waals surface area contributed by atoms with Crippen LogP contribution in [0.1, 0.15) is 38.0 Å². The van der Waals surface area contributed by atoms with E-state index in [0.717, 1.165) is 11.3 Å². The van der Waals surface area contributed by atoms with E-state index in [2.05, 4.69) is 10.2 Å². The van der Waals surface area contributed by atoms with Gasteiger partial charge >= 0.3 is 5.97 Å². The fourth-order valence-corrected chi connectivity index (χ4v) is 5.60. The van der Waals surface area contributed by atoms with E-state index in [4.69, 9.17) is 17.2 Å². The maximum Gasteiger partial charge on any atom is 0.346 e. The number of pyridine rings is 1. The molecular weight excluding hydrogens is 444 g/mol. The fourth-order valence-electron chi connectivity index (χ4n) is 4.46. The Hall–Kier alpha value is -3.93. The summed E-state index contributed by atoms with van der Waals surface area (Å²) in [6, 6.07) is 6.49. The van der Waals surface area contributed by atoms with Crippen LogP contribution in [0.15, 0.2) is 47.5 Å². The van der Waals surface area contributed by atoms with Crippen LogP contribution < -0.4 is 22.8 Å². The van der Waals surface area contributed by atoms with E-state index in [0.29, 0.717) is 32.5 Å². The van der Waals surface area contributed by atoms with Gasteiger partial charge in [0.2, 0.25) is 0 Å². The first kappa shape index (κ1) is 20.9. The number of nitrogens with zero attached hydrogens (tertiary/aromatic N) is 3. The second kappa shape index (κ2) is 7.04. The third-order valence-corrected chi connectivity index (χ3v) is 7.24. The smallest absolute Gasteiger partial charge is 0.346 e. The van der Waals surface area contributed by atoms with Crippen LogP contribution >= 0.6 is 11.3 Å². The number of nitrogen functional groups attached to an aromatic ring is 1. The molecule has 1 aromatic carbocycles. The fraction of sp³-hybridized carbons (Fsp3) is 0.136. The van der Waals surface area contributed by atoms with E-state index in [-0.39, 0.29) is 21.8 Å². The molecule has 0 radical (unpaired) electrons. The molecule has 0 saturated carbocycles. The molecule has 3 heterocycles. The Labute approximate surface area is 190 Å². The number of carbonyl (C=O) groups excluding carboxylic acids is 1. The number of thiophene rings is 1. The molecule has 3 aromatic heterocycles. The van der Waals surface area contributed by atoms with Crippen LogP contribution in [0.5, 0.6) is 0 Å². The van der Waals surface area contributed by atoms with Crippen LogP contribution in [0.3, 0.4) is 0 Å². The van der Waals surface area contributed by atoms with Gasteiger partial charge in [-0.1, -0.05) is 6.07 Å². The van der Waals surface area contributed by atoms with Gasteiger partial charge in [-0.25, -0.2) is 4.79 Å². The molecule has 1 aliphatic carbocycles. The van der Waals surface area contributed by atoms with Crippen molar-refractivity contribution in [3.63, 3.8) is 0 Å². The molecule has 11 heteroatoms. The molecule has 0 spiro atoms. The molecule has 0 bridgehead atoms. The number of hydrogen-bond acceptors (Lipinski definition) is 9. The van der Waals surface area contributed by atoms with Crippen LogP contribution in [0.4, 0.5) is 5.69 Å². The lowest BCUT2D eigenvalue weighted by atomic mass is 9.70. The first-order chi connectivity index (χ1) is 15.7. The molecule has 0 amide bonds. The third kappa shape index (κ3) is 2.76. The zero-order chi connectivity index (χ0) is 23.7. The number of benzene rings is 1. The average molecular weight is 462 g/mol. The average Bonchev–Trinajstić information content (AvgIpc) is 3.20. The van der Waals surface area contributed by atoms with Crippen LogP contribution in [-0.4, -0.2) is 31.6 Å². The number of hydrogen-bond donors (Lipinski definition) is 4. The molecule has 2 atom stereocenters. The Morgan fingerprint density at radius 2 is 2.00 bits per heavy atom. The second-order valence-electron chi connectivity index (χ2n) is 7.87. The maximum atomic E-state index is 13.7. The van der Waals surface area contributed by atoms with E-state index >= 15 is 0 Å². The molecule has 0 fully saturated rings. The molecule has 166 valence electrons. The summed E-state index contributed by atoms with van der Waals surface area (Å²) < 4.78 is 1.75. The van der Waals surface area contributed by atoms with Crippen molar-refractivity contribution in [1.29, 1.82) is 0 Å². The Kier molecular flexibility index (Phi) is 4.47. The Morgan fingerprint density at radius 3 is 2.67 bits per heavy atom. The molecule has 4 aromatic rings. The molecule has 0 aliphatic heterocycles. The van der Waals surface area contributed by atoms with Crippen molar-refractivity contribution in [3.8, 4) is 5.82 Å². The first-order valence-corrected chi connectivity index (χ1v) is 10.7. The summed E-state index contributed by atoms with van der Waals surface area (Å²) in [6.45, 7) is 1.67. The number of anilines is 1. The predicted octanol–water partition coefficient (Wildman–Crippen LogP) is 1.22. The van der Waals surface area contributed by atoms with E-state index in [9.17, 15) is 19.5 Å². The lowest BCUT2D eigenvalue weighted by molar-refractivity contribution is -0.124. The van der Waals surface area contributed by atoms with Crippen molar-refractivity contribution in [2.24, 2.45) is 11.5 Å². The van der Waals surface area contributed by atoms with Crippen molar-refractivity contribution >= 4 is 38.9 Å². The normalized spacial score (nSPS) is 19.7. The van der Waals surface area contributed by atoms with Gasteiger partial charge in [0.1, 0.15) is 10.4 Å². The number of nitrogens with two attached hydrogens (primary N) is 3. The largest absolute Gasteiger partial charge is 0.477 e.